The molecule has 30 heavy (non-hydrogen) atoms. The number of hydrogen-bond donors (Lipinski definition) is 0. The van der Waals surface area contributed by atoms with Crippen LogP contribution in [0.15, 0.2) is 17.1 Å². The number of carbonyl (C=O) groups is 1. The number of thioether (sulfide) groups is 1. The van der Waals surface area contributed by atoms with E-state index in [-0.39, 0.29) is 23.6 Å². The molecule has 1 saturated heterocycles. The van der Waals surface area contributed by atoms with Gasteiger partial charge in [0.1, 0.15) is 11.4 Å². The van der Waals surface area contributed by atoms with Gasteiger partial charge in [0.25, 0.3) is 0 Å². The molecular formula is C22H27FN2O4S. The van der Waals surface area contributed by atoms with Crippen LogP contribution >= 0.6 is 11.8 Å². The predicted octanol–water partition coefficient (Wildman–Crippen LogP) is 3.74. The molecule has 1 aliphatic heterocycles. The topological polar surface area (TPSA) is 60.8 Å². The van der Waals surface area contributed by atoms with Gasteiger partial charge in [-0.15, -0.1) is 0 Å². The number of rotatable bonds is 7. The molecule has 0 atom stereocenters. The van der Waals surface area contributed by atoms with Crippen LogP contribution in [0.1, 0.15) is 48.7 Å². The minimum absolute atomic E-state index is 0.0242. The van der Waals surface area contributed by atoms with E-state index in [1.54, 1.807) is 24.9 Å². The van der Waals surface area contributed by atoms with Crippen LogP contribution in [-0.4, -0.2) is 49.2 Å². The number of aromatic nitrogens is 1. The Morgan fingerprint density at radius 2 is 2.03 bits per heavy atom. The molecule has 2 aliphatic rings. The summed E-state index contributed by atoms with van der Waals surface area (Å²) in [6.07, 6.45) is 3.58. The van der Waals surface area contributed by atoms with E-state index >= 15 is 4.39 Å². The second kappa shape index (κ2) is 8.98. The zero-order valence-electron chi connectivity index (χ0n) is 17.4. The first-order chi connectivity index (χ1) is 14.6. The van der Waals surface area contributed by atoms with Crippen LogP contribution in [0.4, 0.5) is 10.1 Å². The van der Waals surface area contributed by atoms with Gasteiger partial charge in [-0.05, 0) is 31.6 Å². The number of carbonyl (C=O) groups excluding carboxylic acids is 1. The summed E-state index contributed by atoms with van der Waals surface area (Å²) in [7, 11) is 0. The molecule has 0 unspecified atom stereocenters. The highest BCUT2D eigenvalue weighted by Crippen LogP contribution is 2.41. The maximum absolute atomic E-state index is 15.4. The highest BCUT2D eigenvalue weighted by atomic mass is 32.2. The summed E-state index contributed by atoms with van der Waals surface area (Å²) in [6.45, 7) is 6.27. The molecule has 4 rings (SSSR count). The second-order valence-corrected chi connectivity index (χ2v) is 8.82. The van der Waals surface area contributed by atoms with Crippen molar-refractivity contribution in [1.29, 1.82) is 0 Å². The van der Waals surface area contributed by atoms with Crippen LogP contribution in [-0.2, 0) is 15.2 Å². The Bertz CT molecular complexity index is 1010. The summed E-state index contributed by atoms with van der Waals surface area (Å²) in [5.41, 5.74) is 1.65. The SMILES string of the molecule is CCOC(=O)c1cn(C2CC2)c2c(CSCC)c(N3CCOCC3)c(F)cc2c1=O. The summed E-state index contributed by atoms with van der Waals surface area (Å²) in [5, 5.41) is 0.258. The normalized spacial score (nSPS) is 16.8. The minimum Gasteiger partial charge on any atom is -0.462 e. The van der Waals surface area contributed by atoms with E-state index in [0.29, 0.717) is 37.7 Å². The number of morpholine rings is 1. The van der Waals surface area contributed by atoms with Crippen molar-refractivity contribution in [2.24, 2.45) is 0 Å². The molecule has 1 aromatic carbocycles. The highest BCUT2D eigenvalue weighted by Gasteiger charge is 2.31. The largest absolute Gasteiger partial charge is 0.462 e. The molecular weight excluding hydrogens is 407 g/mol. The lowest BCUT2D eigenvalue weighted by molar-refractivity contribution is 0.0524. The number of halogens is 1. The maximum atomic E-state index is 15.4. The van der Waals surface area contributed by atoms with Crippen molar-refractivity contribution >= 4 is 34.3 Å². The monoisotopic (exact) mass is 434 g/mol. The number of ether oxygens (including phenoxy) is 2. The maximum Gasteiger partial charge on any atom is 0.343 e. The molecule has 6 nitrogen and oxygen atoms in total. The number of nitrogens with zero attached hydrogens (tertiary/aromatic N) is 2. The van der Waals surface area contributed by atoms with E-state index < -0.39 is 17.2 Å². The first kappa shape index (κ1) is 21.2. The molecule has 162 valence electrons. The Morgan fingerprint density at radius 1 is 1.30 bits per heavy atom. The third-order valence-corrected chi connectivity index (χ3v) is 6.45. The predicted molar refractivity (Wildman–Crippen MR) is 117 cm³/mol. The van der Waals surface area contributed by atoms with E-state index in [4.69, 9.17) is 9.47 Å². The van der Waals surface area contributed by atoms with Crippen molar-refractivity contribution in [3.63, 3.8) is 0 Å². The number of pyridine rings is 1. The van der Waals surface area contributed by atoms with Crippen molar-refractivity contribution in [2.45, 2.75) is 38.5 Å². The van der Waals surface area contributed by atoms with Gasteiger partial charge in [-0.3, -0.25) is 4.79 Å². The van der Waals surface area contributed by atoms with E-state index in [1.807, 2.05) is 9.47 Å². The molecule has 1 aliphatic carbocycles. The fourth-order valence-corrected chi connectivity index (χ4v) is 4.70. The van der Waals surface area contributed by atoms with E-state index in [2.05, 4.69) is 6.92 Å². The van der Waals surface area contributed by atoms with Crippen LogP contribution in [0.25, 0.3) is 10.9 Å². The Labute approximate surface area is 179 Å². The third-order valence-electron chi connectivity index (χ3n) is 5.55. The smallest absolute Gasteiger partial charge is 0.343 e. The first-order valence-electron chi connectivity index (χ1n) is 10.5. The number of benzene rings is 1. The van der Waals surface area contributed by atoms with Crippen LogP contribution in [0.2, 0.25) is 0 Å². The van der Waals surface area contributed by atoms with Crippen molar-refractivity contribution < 1.29 is 18.7 Å². The van der Waals surface area contributed by atoms with Gasteiger partial charge in [-0.25, -0.2) is 9.18 Å². The van der Waals surface area contributed by atoms with Crippen LogP contribution in [0.3, 0.4) is 0 Å². The highest BCUT2D eigenvalue weighted by molar-refractivity contribution is 7.98. The summed E-state index contributed by atoms with van der Waals surface area (Å²) >= 11 is 1.70. The Kier molecular flexibility index (Phi) is 6.34. The second-order valence-electron chi connectivity index (χ2n) is 7.55. The average molecular weight is 435 g/mol. The van der Waals surface area contributed by atoms with Gasteiger partial charge in [0, 0.05) is 42.0 Å². The Hall–Kier alpha value is -2.06. The first-order valence-corrected chi connectivity index (χ1v) is 11.7. The molecule has 2 fully saturated rings. The van der Waals surface area contributed by atoms with Crippen LogP contribution < -0.4 is 10.3 Å². The van der Waals surface area contributed by atoms with Crippen molar-refractivity contribution in [3.8, 4) is 0 Å². The van der Waals surface area contributed by atoms with Crippen LogP contribution in [0.5, 0.6) is 0 Å². The van der Waals surface area contributed by atoms with Crippen molar-refractivity contribution in [2.75, 3.05) is 43.6 Å². The van der Waals surface area contributed by atoms with Gasteiger partial charge in [0.15, 0.2) is 0 Å². The van der Waals surface area contributed by atoms with Gasteiger partial charge in [0.2, 0.25) is 5.43 Å². The molecule has 0 N–H and O–H groups in total. The quantitative estimate of drug-likeness (QED) is 0.619. The fraction of sp³-hybridized carbons (Fsp3) is 0.545. The Morgan fingerprint density at radius 3 is 2.67 bits per heavy atom. The van der Waals surface area contributed by atoms with E-state index in [1.165, 1.54) is 6.07 Å². The van der Waals surface area contributed by atoms with Crippen LogP contribution in [0, 0.1) is 5.82 Å². The molecule has 1 saturated carbocycles. The molecule has 0 radical (unpaired) electrons. The number of anilines is 1. The minimum atomic E-state index is -0.652. The zero-order valence-corrected chi connectivity index (χ0v) is 18.2. The van der Waals surface area contributed by atoms with Gasteiger partial charge in [0.05, 0.1) is 31.0 Å². The van der Waals surface area contributed by atoms with Gasteiger partial charge >= 0.3 is 5.97 Å². The van der Waals surface area contributed by atoms with Gasteiger partial charge in [-0.2, -0.15) is 11.8 Å². The standard InChI is InChI=1S/C22H27FN2O4S/c1-3-29-22(27)16-12-25(14-5-6-14)19-15(21(16)26)11-18(23)20(17(19)13-30-4-2)24-7-9-28-10-8-24/h11-12,14H,3-10,13H2,1-2H3. The molecule has 0 amide bonds. The van der Waals surface area contributed by atoms with E-state index in [0.717, 1.165) is 29.7 Å². The average Bonchev–Trinajstić information content (AvgIpc) is 3.58. The lowest BCUT2D eigenvalue weighted by atomic mass is 10.0. The molecule has 8 heteroatoms. The molecule has 2 aromatic rings. The van der Waals surface area contributed by atoms with Gasteiger partial charge < -0.3 is 18.9 Å². The lowest BCUT2D eigenvalue weighted by Gasteiger charge is -2.32. The molecule has 2 heterocycles. The summed E-state index contributed by atoms with van der Waals surface area (Å²) in [4.78, 5) is 27.6. The number of fused-ring (bicyclic) bond motifs is 1. The number of hydrogen-bond acceptors (Lipinski definition) is 6. The number of esters is 1. The summed E-state index contributed by atoms with van der Waals surface area (Å²) in [6, 6.07) is 1.53. The summed E-state index contributed by atoms with van der Waals surface area (Å²) in [5.74, 6) is 0.412. The van der Waals surface area contributed by atoms with Crippen molar-refractivity contribution in [3.05, 3.63) is 39.4 Å². The lowest BCUT2D eigenvalue weighted by Crippen LogP contribution is -2.37. The Balaban J connectivity index is 1.99. The van der Waals surface area contributed by atoms with E-state index in [9.17, 15) is 9.59 Å². The molecule has 0 bridgehead atoms. The summed E-state index contributed by atoms with van der Waals surface area (Å²) < 4.78 is 28.0. The zero-order chi connectivity index (χ0) is 21.3. The third kappa shape index (κ3) is 3.95. The fourth-order valence-electron chi connectivity index (χ4n) is 4.02. The molecule has 0 spiro atoms. The van der Waals surface area contributed by atoms with Gasteiger partial charge in [-0.1, -0.05) is 6.92 Å². The van der Waals surface area contributed by atoms with Crippen molar-refractivity contribution in [1.82, 2.24) is 4.57 Å². The molecule has 1 aromatic heterocycles.